The van der Waals surface area contributed by atoms with Gasteiger partial charge in [0.1, 0.15) is 5.71 Å². The van der Waals surface area contributed by atoms with Crippen LogP contribution in [0, 0.1) is 0 Å². The summed E-state index contributed by atoms with van der Waals surface area (Å²) in [5.74, 6) is 1.22. The van der Waals surface area contributed by atoms with E-state index in [0.29, 0.717) is 5.75 Å². The Kier molecular flexibility index (Phi) is 27.1. The summed E-state index contributed by atoms with van der Waals surface area (Å²) < 4.78 is 15.0. The summed E-state index contributed by atoms with van der Waals surface area (Å²) in [6.07, 6.45) is 11.7. The van der Waals surface area contributed by atoms with Gasteiger partial charge in [0, 0.05) is 5.75 Å². The average molecular weight is 428 g/mol. The Morgan fingerprint density at radius 3 is 1.96 bits per heavy atom. The normalized spacial score (nSPS) is 14.0. The molecule has 0 fully saturated rings. The Morgan fingerprint density at radius 2 is 1.50 bits per heavy atom. The zero-order valence-corrected chi connectivity index (χ0v) is 22.3. The van der Waals surface area contributed by atoms with Crippen molar-refractivity contribution in [1.29, 1.82) is 0 Å². The van der Waals surface area contributed by atoms with E-state index in [-0.39, 0.29) is 59.1 Å². The number of thioether (sulfide) groups is 1. The third-order valence-corrected chi connectivity index (χ3v) is 5.75. The van der Waals surface area contributed by atoms with Crippen molar-refractivity contribution in [2.45, 2.75) is 77.2 Å². The van der Waals surface area contributed by atoms with E-state index in [1.54, 1.807) is 0 Å². The Labute approximate surface area is 206 Å². The molecule has 2 atom stereocenters. The molecule has 0 saturated carbocycles. The fourth-order valence-electron chi connectivity index (χ4n) is 2.20. The molecule has 0 aliphatic rings. The summed E-state index contributed by atoms with van der Waals surface area (Å²) in [7, 11) is -5.00. The van der Waals surface area contributed by atoms with E-state index < -0.39 is 26.0 Å². The van der Waals surface area contributed by atoms with E-state index in [2.05, 4.69) is 11.4 Å². The van der Waals surface area contributed by atoms with Gasteiger partial charge in [0.15, 0.2) is 7.60 Å². The van der Waals surface area contributed by atoms with Gasteiger partial charge in [0.05, 0.1) is 12.7 Å². The first-order valence-electron chi connectivity index (χ1n) is 8.83. The smallest absolute Gasteiger partial charge is 0.774 e. The second-order valence-corrected chi connectivity index (χ2v) is 8.74. The van der Waals surface area contributed by atoms with Crippen LogP contribution in [0.1, 0.15) is 71.1 Å². The van der Waals surface area contributed by atoms with Crippen LogP contribution in [0.4, 0.5) is 4.79 Å². The average Bonchev–Trinajstić information content (AvgIpc) is 2.54. The Morgan fingerprint density at radius 1 is 1.04 bits per heavy atom. The van der Waals surface area contributed by atoms with E-state index >= 15 is 0 Å². The maximum atomic E-state index is 10.8. The zero-order valence-electron chi connectivity index (χ0n) is 16.6. The predicted octanol–water partition coefficient (Wildman–Crippen LogP) is -3.08. The fraction of sp³-hybridized carbons (Fsp3) is 0.938. The first kappa shape index (κ1) is 32.6. The van der Waals surface area contributed by atoms with Gasteiger partial charge in [-0.3, -0.25) is 0 Å². The van der Waals surface area contributed by atoms with E-state index in [1.807, 2.05) is 0 Å². The molecule has 0 amide bonds. The van der Waals surface area contributed by atoms with Crippen LogP contribution in [0.15, 0.2) is 0 Å². The molecule has 0 aliphatic carbocycles. The Balaban J connectivity index is -0.00000264. The molecule has 0 heterocycles. The van der Waals surface area contributed by atoms with E-state index in [4.69, 9.17) is 0 Å². The van der Waals surface area contributed by atoms with Crippen LogP contribution in [0.3, 0.4) is 0 Å². The molecular weight excluding hydrogens is 397 g/mol. The van der Waals surface area contributed by atoms with Crippen LogP contribution in [0.5, 0.6) is 0 Å². The van der Waals surface area contributed by atoms with Crippen LogP contribution in [0.25, 0.3) is 0 Å². The maximum absolute atomic E-state index is 10.8. The summed E-state index contributed by atoms with van der Waals surface area (Å²) in [6.45, 7) is 1.68. The number of carbonyl (C=O) groups is 1. The molecule has 0 aliphatic heterocycles. The molecule has 0 aromatic rings. The van der Waals surface area contributed by atoms with E-state index in [1.165, 1.54) is 63.1 Å². The standard InChI is InChI=1S/C16H33O6PS.2Na/c1-2-3-4-5-6-7-8-9-10-11-12-24-14-15(17)13-22-23(20,21)16(18)19;;/h15,17H,2-14H2,1H3,(H,18,19)(H,20,21);;/q;2*+1/p-2/t15-;;/m0../s1. The van der Waals surface area contributed by atoms with Crippen molar-refractivity contribution in [3.8, 4) is 0 Å². The number of unbranched alkanes of at least 4 members (excludes halogenated alkanes) is 9. The van der Waals surface area contributed by atoms with Crippen molar-refractivity contribution in [2.75, 3.05) is 18.1 Å². The number of rotatable bonds is 17. The number of aliphatic hydroxyl groups is 1. The van der Waals surface area contributed by atoms with Crippen molar-refractivity contribution in [3.63, 3.8) is 0 Å². The minimum atomic E-state index is -5.00. The number of aliphatic hydroxyl groups excluding tert-OH is 1. The number of carbonyl (C=O) groups excluding carboxylic acids is 1. The largest absolute Gasteiger partial charge is 1.00 e. The molecule has 1 unspecified atom stereocenters. The summed E-state index contributed by atoms with van der Waals surface area (Å²) in [4.78, 5) is 21.0. The number of carboxylic acid groups (broad SMARTS) is 1. The Hall–Kier alpha value is 1.93. The van der Waals surface area contributed by atoms with Gasteiger partial charge in [-0.05, 0) is 12.2 Å². The van der Waals surface area contributed by atoms with Crippen LogP contribution in [0.2, 0.25) is 0 Å². The van der Waals surface area contributed by atoms with Gasteiger partial charge in [0.2, 0.25) is 0 Å². The summed E-state index contributed by atoms with van der Waals surface area (Å²) in [6, 6.07) is 0. The molecule has 26 heavy (non-hydrogen) atoms. The monoisotopic (exact) mass is 428 g/mol. The van der Waals surface area contributed by atoms with Gasteiger partial charge in [0.25, 0.3) is 0 Å². The summed E-state index contributed by atoms with van der Waals surface area (Å²) in [5, 5.41) is 19.7. The zero-order chi connectivity index (χ0) is 18.3. The van der Waals surface area contributed by atoms with Crippen LogP contribution < -0.4 is 69.1 Å². The maximum Gasteiger partial charge on any atom is 1.00 e. The molecule has 0 spiro atoms. The SMILES string of the molecule is CCCCCCCCCCCCSC[C@@H](O)COP(=O)([O-])C(=O)[O-].[Na+].[Na+]. The van der Waals surface area contributed by atoms with Crippen molar-refractivity contribution >= 4 is 25.1 Å². The predicted molar refractivity (Wildman–Crippen MR) is 94.1 cm³/mol. The third kappa shape index (κ3) is 20.7. The summed E-state index contributed by atoms with van der Waals surface area (Å²) in [5.41, 5.74) is -2.26. The molecule has 6 nitrogen and oxygen atoms in total. The van der Waals surface area contributed by atoms with Crippen LogP contribution in [-0.4, -0.2) is 35.0 Å². The molecule has 1 N–H and O–H groups in total. The van der Waals surface area contributed by atoms with Gasteiger partial charge in [-0.25, -0.2) is 0 Å². The van der Waals surface area contributed by atoms with Gasteiger partial charge in [-0.1, -0.05) is 64.7 Å². The van der Waals surface area contributed by atoms with Gasteiger partial charge in [-0.15, -0.1) is 0 Å². The fourth-order valence-corrected chi connectivity index (χ4v) is 3.61. The minimum absolute atomic E-state index is 0. The molecule has 144 valence electrons. The van der Waals surface area contributed by atoms with Crippen LogP contribution >= 0.6 is 19.4 Å². The number of hydrogen-bond acceptors (Lipinski definition) is 7. The molecule has 0 aromatic carbocycles. The second kappa shape index (κ2) is 21.6. The molecule has 0 saturated heterocycles. The van der Waals surface area contributed by atoms with E-state index in [0.717, 1.165) is 18.6 Å². The van der Waals surface area contributed by atoms with E-state index in [9.17, 15) is 24.5 Å². The number of hydrogen-bond donors (Lipinski definition) is 1. The van der Waals surface area contributed by atoms with Gasteiger partial charge >= 0.3 is 59.1 Å². The molecule has 10 heteroatoms. The van der Waals surface area contributed by atoms with Crippen molar-refractivity contribution < 1.29 is 88.1 Å². The topological polar surface area (TPSA) is 110 Å². The van der Waals surface area contributed by atoms with Gasteiger partial charge < -0.3 is 29.0 Å². The third-order valence-electron chi connectivity index (χ3n) is 3.61. The first-order valence-corrected chi connectivity index (χ1v) is 11.5. The summed E-state index contributed by atoms with van der Waals surface area (Å²) >= 11 is 1.51. The van der Waals surface area contributed by atoms with Crippen molar-refractivity contribution in [1.82, 2.24) is 0 Å². The molecule has 0 bridgehead atoms. The minimum Gasteiger partial charge on any atom is -0.774 e. The Bertz CT molecular complexity index is 377. The second-order valence-electron chi connectivity index (χ2n) is 5.97. The van der Waals surface area contributed by atoms with Gasteiger partial charge in [-0.2, -0.15) is 11.8 Å². The molecule has 0 rings (SSSR count). The first-order chi connectivity index (χ1) is 11.4. The molecule has 0 radical (unpaired) electrons. The molecular formula is C16H31Na2O6PS. The van der Waals surface area contributed by atoms with Crippen molar-refractivity contribution in [3.05, 3.63) is 0 Å². The van der Waals surface area contributed by atoms with Crippen LogP contribution in [-0.2, 0) is 9.09 Å². The molecule has 0 aromatic heterocycles. The quantitative estimate of drug-likeness (QED) is 0.149. The van der Waals surface area contributed by atoms with Crippen molar-refractivity contribution in [2.24, 2.45) is 0 Å².